The van der Waals surface area contributed by atoms with Crippen molar-refractivity contribution in [1.29, 1.82) is 0 Å². The van der Waals surface area contributed by atoms with Crippen LogP contribution in [0.25, 0.3) is 0 Å². The van der Waals surface area contributed by atoms with Crippen LogP contribution in [0, 0.1) is 0 Å². The quantitative estimate of drug-likeness (QED) is 0.569. The van der Waals surface area contributed by atoms with Gasteiger partial charge in [-0.1, -0.05) is 34.1 Å². The molecule has 0 saturated carbocycles. The zero-order valence-electron chi connectivity index (χ0n) is 10.8. The second-order valence-corrected chi connectivity index (χ2v) is 4.32. The van der Waals surface area contributed by atoms with E-state index in [1.54, 1.807) is 0 Å². The second-order valence-electron chi connectivity index (χ2n) is 4.32. The lowest BCUT2D eigenvalue weighted by molar-refractivity contribution is 0.129. The van der Waals surface area contributed by atoms with E-state index in [1.807, 2.05) is 0 Å². The summed E-state index contributed by atoms with van der Waals surface area (Å²) in [6.07, 6.45) is 6.53. The summed E-state index contributed by atoms with van der Waals surface area (Å²) in [6, 6.07) is 1.56. The normalized spacial score (nSPS) is 13.9. The van der Waals surface area contributed by atoms with Crippen LogP contribution in [0.4, 0.5) is 0 Å². The van der Waals surface area contributed by atoms with Gasteiger partial charge in [-0.05, 0) is 39.2 Å². The molecule has 0 aromatic carbocycles. The van der Waals surface area contributed by atoms with Gasteiger partial charge in [0.05, 0.1) is 0 Å². The maximum absolute atomic E-state index is 2.71. The lowest BCUT2D eigenvalue weighted by Gasteiger charge is -2.35. The van der Waals surface area contributed by atoms with Gasteiger partial charge in [-0.2, -0.15) is 0 Å². The van der Waals surface area contributed by atoms with Gasteiger partial charge in [-0.3, -0.25) is 4.90 Å². The highest BCUT2D eigenvalue weighted by atomic mass is 15.2. The molecule has 0 fully saturated rings. The first-order valence-corrected chi connectivity index (χ1v) is 6.46. The lowest BCUT2D eigenvalue weighted by Crippen LogP contribution is -2.41. The van der Waals surface area contributed by atoms with Crippen LogP contribution in [0.1, 0.15) is 66.7 Å². The van der Waals surface area contributed by atoms with E-state index >= 15 is 0 Å². The molecule has 86 valence electrons. The molecule has 0 saturated heterocycles. The third-order valence-electron chi connectivity index (χ3n) is 3.34. The zero-order chi connectivity index (χ0) is 11.0. The number of unbranched alkanes of at least 4 members (excludes halogenated alkanes) is 1. The Kier molecular flexibility index (Phi) is 8.26. The number of hydrogen-bond donors (Lipinski definition) is 0. The van der Waals surface area contributed by atoms with Gasteiger partial charge in [0.1, 0.15) is 0 Å². The highest BCUT2D eigenvalue weighted by molar-refractivity contribution is 4.74. The molecule has 1 heteroatoms. The summed E-state index contributed by atoms with van der Waals surface area (Å²) < 4.78 is 0. The minimum Gasteiger partial charge on any atom is -0.298 e. The molecule has 0 N–H and O–H groups in total. The molecule has 0 radical (unpaired) electrons. The third-order valence-corrected chi connectivity index (χ3v) is 3.34. The average Bonchev–Trinajstić information content (AvgIpc) is 2.23. The lowest BCUT2D eigenvalue weighted by atomic mass is 10.1. The summed E-state index contributed by atoms with van der Waals surface area (Å²) in [4.78, 5) is 2.71. The van der Waals surface area contributed by atoms with Gasteiger partial charge in [0.25, 0.3) is 0 Å². The Labute approximate surface area is 90.9 Å². The van der Waals surface area contributed by atoms with Crippen LogP contribution in [-0.2, 0) is 0 Å². The van der Waals surface area contributed by atoms with Gasteiger partial charge in [0.15, 0.2) is 0 Å². The van der Waals surface area contributed by atoms with Crippen LogP contribution in [-0.4, -0.2) is 23.5 Å². The minimum absolute atomic E-state index is 0.756. The second kappa shape index (κ2) is 8.28. The van der Waals surface area contributed by atoms with E-state index in [1.165, 1.54) is 38.6 Å². The van der Waals surface area contributed by atoms with E-state index in [9.17, 15) is 0 Å². The summed E-state index contributed by atoms with van der Waals surface area (Å²) in [5, 5.41) is 0. The maximum atomic E-state index is 2.71. The summed E-state index contributed by atoms with van der Waals surface area (Å²) in [6.45, 7) is 12.9. The van der Waals surface area contributed by atoms with E-state index in [0.29, 0.717) is 0 Å². The van der Waals surface area contributed by atoms with Gasteiger partial charge in [0.2, 0.25) is 0 Å². The fraction of sp³-hybridized carbons (Fsp3) is 1.00. The summed E-state index contributed by atoms with van der Waals surface area (Å²) in [7, 11) is 0. The fourth-order valence-electron chi connectivity index (χ4n) is 2.10. The van der Waals surface area contributed by atoms with Crippen molar-refractivity contribution in [3.05, 3.63) is 0 Å². The highest BCUT2D eigenvalue weighted by Crippen LogP contribution is 2.15. The Morgan fingerprint density at radius 3 is 1.86 bits per heavy atom. The van der Waals surface area contributed by atoms with Gasteiger partial charge in [-0.25, -0.2) is 0 Å². The van der Waals surface area contributed by atoms with Crippen molar-refractivity contribution in [3.8, 4) is 0 Å². The smallest absolute Gasteiger partial charge is 0.00928 e. The molecule has 0 aliphatic heterocycles. The van der Waals surface area contributed by atoms with E-state index in [-0.39, 0.29) is 0 Å². The van der Waals surface area contributed by atoms with Crippen molar-refractivity contribution in [1.82, 2.24) is 4.90 Å². The molecular weight excluding hydrogens is 170 g/mol. The zero-order valence-corrected chi connectivity index (χ0v) is 10.8. The number of hydrogen-bond acceptors (Lipinski definition) is 1. The Bertz CT molecular complexity index is 118. The molecule has 0 amide bonds. The molecule has 1 unspecified atom stereocenters. The van der Waals surface area contributed by atoms with Crippen molar-refractivity contribution in [3.63, 3.8) is 0 Å². The summed E-state index contributed by atoms with van der Waals surface area (Å²) in [5.41, 5.74) is 0. The summed E-state index contributed by atoms with van der Waals surface area (Å²) >= 11 is 0. The van der Waals surface area contributed by atoms with Crippen LogP contribution < -0.4 is 0 Å². The molecular formula is C13H29N. The van der Waals surface area contributed by atoms with E-state index < -0.39 is 0 Å². The molecule has 0 aromatic rings. The molecule has 14 heavy (non-hydrogen) atoms. The monoisotopic (exact) mass is 199 g/mol. The molecule has 1 atom stereocenters. The first kappa shape index (κ1) is 14.0. The van der Waals surface area contributed by atoms with Crippen LogP contribution in [0.15, 0.2) is 0 Å². The first-order chi connectivity index (χ1) is 6.71. The third kappa shape index (κ3) is 4.45. The molecule has 0 bridgehead atoms. The van der Waals surface area contributed by atoms with Crippen LogP contribution in [0.2, 0.25) is 0 Å². The fourth-order valence-corrected chi connectivity index (χ4v) is 2.10. The molecule has 1 nitrogen and oxygen atoms in total. The number of nitrogens with zero attached hydrogens (tertiary/aromatic N) is 1. The van der Waals surface area contributed by atoms with E-state index in [4.69, 9.17) is 0 Å². The first-order valence-electron chi connectivity index (χ1n) is 6.46. The van der Waals surface area contributed by atoms with Gasteiger partial charge >= 0.3 is 0 Å². The molecule has 0 aliphatic carbocycles. The predicted octanol–water partition coefficient (Wildman–Crippen LogP) is 4.08. The standard InChI is InChI=1S/C13H29N/c1-6-10-11-14(12(5)7-2)13(8-3)9-4/h12-13H,6-11H2,1-5H3. The number of rotatable bonds is 8. The van der Waals surface area contributed by atoms with Gasteiger partial charge in [-0.15, -0.1) is 0 Å². The molecule has 0 rings (SSSR count). The largest absolute Gasteiger partial charge is 0.298 e. The average molecular weight is 199 g/mol. The maximum Gasteiger partial charge on any atom is 0.00928 e. The Balaban J connectivity index is 4.19. The van der Waals surface area contributed by atoms with E-state index in [0.717, 1.165) is 12.1 Å². The molecule has 0 aliphatic rings. The Hall–Kier alpha value is -0.0400. The summed E-state index contributed by atoms with van der Waals surface area (Å²) in [5.74, 6) is 0. The Morgan fingerprint density at radius 2 is 1.50 bits per heavy atom. The Morgan fingerprint density at radius 1 is 0.929 bits per heavy atom. The van der Waals surface area contributed by atoms with Crippen molar-refractivity contribution in [2.24, 2.45) is 0 Å². The molecule has 0 spiro atoms. The molecule has 0 heterocycles. The van der Waals surface area contributed by atoms with Gasteiger partial charge in [0, 0.05) is 12.1 Å². The van der Waals surface area contributed by atoms with Crippen molar-refractivity contribution in [2.45, 2.75) is 78.8 Å². The van der Waals surface area contributed by atoms with Gasteiger partial charge < -0.3 is 0 Å². The minimum atomic E-state index is 0.756. The van der Waals surface area contributed by atoms with Crippen molar-refractivity contribution >= 4 is 0 Å². The van der Waals surface area contributed by atoms with Crippen molar-refractivity contribution in [2.75, 3.05) is 6.54 Å². The topological polar surface area (TPSA) is 3.24 Å². The SMILES string of the molecule is CCCCN(C(C)CC)C(CC)CC. The predicted molar refractivity (Wildman–Crippen MR) is 65.7 cm³/mol. The van der Waals surface area contributed by atoms with Crippen LogP contribution in [0.5, 0.6) is 0 Å². The molecule has 0 aromatic heterocycles. The van der Waals surface area contributed by atoms with Crippen molar-refractivity contribution < 1.29 is 0 Å². The van der Waals surface area contributed by atoms with Crippen LogP contribution >= 0.6 is 0 Å². The van der Waals surface area contributed by atoms with E-state index in [2.05, 4.69) is 39.5 Å². The highest BCUT2D eigenvalue weighted by Gasteiger charge is 2.18. The van der Waals surface area contributed by atoms with Crippen LogP contribution in [0.3, 0.4) is 0 Å².